The molecule has 0 saturated carbocycles. The van der Waals surface area contributed by atoms with Crippen LogP contribution in [0.15, 0.2) is 42.5 Å². The van der Waals surface area contributed by atoms with Gasteiger partial charge in [0.25, 0.3) is 0 Å². The van der Waals surface area contributed by atoms with E-state index in [0.29, 0.717) is 10.0 Å². The van der Waals surface area contributed by atoms with Gasteiger partial charge in [-0.2, -0.15) is 0 Å². The summed E-state index contributed by atoms with van der Waals surface area (Å²) in [4.78, 5) is 2.09. The second-order valence-corrected chi connectivity index (χ2v) is 5.73. The molecule has 20 heavy (non-hydrogen) atoms. The van der Waals surface area contributed by atoms with Crippen molar-refractivity contribution in [2.45, 2.75) is 13.1 Å². The highest BCUT2D eigenvalue weighted by Crippen LogP contribution is 2.22. The van der Waals surface area contributed by atoms with Gasteiger partial charge < -0.3 is 10.2 Å². The van der Waals surface area contributed by atoms with Crippen molar-refractivity contribution in [3.05, 3.63) is 63.6 Å². The smallest absolute Gasteiger partial charge is 0.0595 e. The molecule has 0 aliphatic carbocycles. The SMILES string of the molecule is CN(C)c1ccc(CNCc2ccc(Cl)c(Cl)c2)cc1. The maximum Gasteiger partial charge on any atom is 0.0595 e. The molecule has 0 atom stereocenters. The summed E-state index contributed by atoms with van der Waals surface area (Å²) in [6, 6.07) is 14.2. The molecule has 0 spiro atoms. The van der Waals surface area contributed by atoms with E-state index in [-0.39, 0.29) is 0 Å². The van der Waals surface area contributed by atoms with Crippen molar-refractivity contribution in [3.63, 3.8) is 0 Å². The Morgan fingerprint density at radius 2 is 1.45 bits per heavy atom. The lowest BCUT2D eigenvalue weighted by Crippen LogP contribution is -2.13. The minimum Gasteiger partial charge on any atom is -0.378 e. The molecule has 1 N–H and O–H groups in total. The van der Waals surface area contributed by atoms with Crippen LogP contribution in [-0.2, 0) is 13.1 Å². The van der Waals surface area contributed by atoms with Gasteiger partial charge in [0.2, 0.25) is 0 Å². The largest absolute Gasteiger partial charge is 0.378 e. The van der Waals surface area contributed by atoms with Crippen molar-refractivity contribution in [3.8, 4) is 0 Å². The number of hydrogen-bond donors (Lipinski definition) is 1. The van der Waals surface area contributed by atoms with E-state index in [4.69, 9.17) is 23.2 Å². The summed E-state index contributed by atoms with van der Waals surface area (Å²) in [5, 5.41) is 4.59. The van der Waals surface area contributed by atoms with Crippen molar-refractivity contribution < 1.29 is 0 Å². The van der Waals surface area contributed by atoms with Gasteiger partial charge in [0.05, 0.1) is 10.0 Å². The monoisotopic (exact) mass is 308 g/mol. The number of rotatable bonds is 5. The standard InChI is InChI=1S/C16H18Cl2N2/c1-20(2)14-6-3-12(4-7-14)10-19-11-13-5-8-15(17)16(18)9-13/h3-9,19H,10-11H2,1-2H3. The average Bonchev–Trinajstić information content (AvgIpc) is 2.43. The van der Waals surface area contributed by atoms with E-state index >= 15 is 0 Å². The number of hydrogen-bond acceptors (Lipinski definition) is 2. The van der Waals surface area contributed by atoms with Crippen LogP contribution in [0.2, 0.25) is 10.0 Å². The number of anilines is 1. The normalized spacial score (nSPS) is 10.6. The molecule has 106 valence electrons. The van der Waals surface area contributed by atoms with Crippen LogP contribution in [0.3, 0.4) is 0 Å². The molecular formula is C16H18Cl2N2. The molecule has 0 radical (unpaired) electrons. The molecule has 2 aromatic rings. The van der Waals surface area contributed by atoms with Gasteiger partial charge in [-0.1, -0.05) is 41.4 Å². The van der Waals surface area contributed by atoms with Crippen LogP contribution in [0.5, 0.6) is 0 Å². The molecule has 0 amide bonds. The maximum absolute atomic E-state index is 5.99. The van der Waals surface area contributed by atoms with Gasteiger partial charge in [-0.15, -0.1) is 0 Å². The molecule has 0 bridgehead atoms. The van der Waals surface area contributed by atoms with Gasteiger partial charge in [-0.25, -0.2) is 0 Å². The van der Waals surface area contributed by atoms with E-state index in [0.717, 1.165) is 18.7 Å². The first kappa shape index (κ1) is 15.2. The Morgan fingerprint density at radius 1 is 0.850 bits per heavy atom. The Balaban J connectivity index is 1.87. The molecule has 0 aliphatic heterocycles. The highest BCUT2D eigenvalue weighted by molar-refractivity contribution is 6.42. The summed E-state index contributed by atoms with van der Waals surface area (Å²) in [7, 11) is 4.08. The number of nitrogens with zero attached hydrogens (tertiary/aromatic N) is 1. The van der Waals surface area contributed by atoms with E-state index in [9.17, 15) is 0 Å². The Hall–Kier alpha value is -1.22. The average molecular weight is 309 g/mol. The van der Waals surface area contributed by atoms with Crippen LogP contribution in [0.25, 0.3) is 0 Å². The molecule has 0 saturated heterocycles. The summed E-state index contributed by atoms with van der Waals surface area (Å²) in [5.74, 6) is 0. The van der Waals surface area contributed by atoms with E-state index in [1.807, 2.05) is 32.3 Å². The molecule has 0 fully saturated rings. The van der Waals surface area contributed by atoms with Crippen molar-refractivity contribution in [1.82, 2.24) is 5.32 Å². The molecule has 2 rings (SSSR count). The zero-order valence-corrected chi connectivity index (χ0v) is 13.2. The molecule has 0 unspecified atom stereocenters. The molecule has 2 aromatic carbocycles. The molecule has 0 heterocycles. The molecule has 2 nitrogen and oxygen atoms in total. The second kappa shape index (κ2) is 6.98. The second-order valence-electron chi connectivity index (χ2n) is 4.91. The third-order valence-corrected chi connectivity index (χ3v) is 3.83. The Bertz CT molecular complexity index is 565. The van der Waals surface area contributed by atoms with Crippen molar-refractivity contribution in [2.24, 2.45) is 0 Å². The summed E-state index contributed by atoms with van der Waals surface area (Å²) in [6.45, 7) is 1.60. The first-order valence-electron chi connectivity index (χ1n) is 6.47. The van der Waals surface area contributed by atoms with E-state index in [1.54, 1.807) is 0 Å². The van der Waals surface area contributed by atoms with Crippen molar-refractivity contribution >= 4 is 28.9 Å². The molecule has 4 heteroatoms. The van der Waals surface area contributed by atoms with Crippen molar-refractivity contribution in [2.75, 3.05) is 19.0 Å². The highest BCUT2D eigenvalue weighted by Gasteiger charge is 2.00. The van der Waals surface area contributed by atoms with Gasteiger partial charge in [-0.3, -0.25) is 0 Å². The van der Waals surface area contributed by atoms with E-state index in [2.05, 4.69) is 34.5 Å². The van der Waals surface area contributed by atoms with Crippen LogP contribution in [0.4, 0.5) is 5.69 Å². The van der Waals surface area contributed by atoms with E-state index < -0.39 is 0 Å². The molecule has 0 aromatic heterocycles. The summed E-state index contributed by atoms with van der Waals surface area (Å²) in [5.41, 5.74) is 3.60. The summed E-state index contributed by atoms with van der Waals surface area (Å²) in [6.07, 6.45) is 0. The number of halogens is 2. The maximum atomic E-state index is 5.99. The lowest BCUT2D eigenvalue weighted by atomic mass is 10.2. The summed E-state index contributed by atoms with van der Waals surface area (Å²) < 4.78 is 0. The number of nitrogens with one attached hydrogen (secondary N) is 1. The van der Waals surface area contributed by atoms with Gasteiger partial charge in [0, 0.05) is 32.9 Å². The fraction of sp³-hybridized carbons (Fsp3) is 0.250. The van der Waals surface area contributed by atoms with Gasteiger partial charge in [-0.05, 0) is 35.4 Å². The van der Waals surface area contributed by atoms with Crippen LogP contribution in [0, 0.1) is 0 Å². The third kappa shape index (κ3) is 4.14. The summed E-state index contributed by atoms with van der Waals surface area (Å²) >= 11 is 11.9. The van der Waals surface area contributed by atoms with Crippen molar-refractivity contribution in [1.29, 1.82) is 0 Å². The first-order chi connectivity index (χ1) is 9.56. The minimum atomic E-state index is 0.592. The number of benzene rings is 2. The van der Waals surface area contributed by atoms with Gasteiger partial charge in [0.15, 0.2) is 0 Å². The van der Waals surface area contributed by atoms with Crippen LogP contribution in [0.1, 0.15) is 11.1 Å². The highest BCUT2D eigenvalue weighted by atomic mass is 35.5. The van der Waals surface area contributed by atoms with E-state index in [1.165, 1.54) is 11.3 Å². The zero-order valence-electron chi connectivity index (χ0n) is 11.7. The first-order valence-corrected chi connectivity index (χ1v) is 7.23. The zero-order chi connectivity index (χ0) is 14.5. The van der Waals surface area contributed by atoms with Crippen LogP contribution >= 0.6 is 23.2 Å². The quantitative estimate of drug-likeness (QED) is 0.883. The fourth-order valence-corrected chi connectivity index (χ4v) is 2.23. The lowest BCUT2D eigenvalue weighted by molar-refractivity contribution is 0.693. The van der Waals surface area contributed by atoms with Gasteiger partial charge >= 0.3 is 0 Å². The minimum absolute atomic E-state index is 0.592. The predicted octanol–water partition coefficient (Wildman–Crippen LogP) is 4.35. The van der Waals surface area contributed by atoms with Crippen LogP contribution in [-0.4, -0.2) is 14.1 Å². The lowest BCUT2D eigenvalue weighted by Gasteiger charge is -2.13. The van der Waals surface area contributed by atoms with Crippen LogP contribution < -0.4 is 10.2 Å². The Labute approximate surface area is 130 Å². The third-order valence-electron chi connectivity index (χ3n) is 3.09. The molecule has 0 aliphatic rings. The predicted molar refractivity (Wildman–Crippen MR) is 87.8 cm³/mol. The fourth-order valence-electron chi connectivity index (χ4n) is 1.91. The molecular weight excluding hydrogens is 291 g/mol. The Kier molecular flexibility index (Phi) is 5.30. The topological polar surface area (TPSA) is 15.3 Å². The Morgan fingerprint density at radius 3 is 2.05 bits per heavy atom. The van der Waals surface area contributed by atoms with Gasteiger partial charge in [0.1, 0.15) is 0 Å².